The lowest BCUT2D eigenvalue weighted by Gasteiger charge is -1.99. The van der Waals surface area contributed by atoms with Gasteiger partial charge in [-0.15, -0.1) is 12.3 Å². The van der Waals surface area contributed by atoms with Crippen molar-refractivity contribution >= 4 is 5.91 Å². The maximum absolute atomic E-state index is 10.7. The number of nitrogens with one attached hydrogen (secondary N) is 1. The first-order chi connectivity index (χ1) is 4.81. The van der Waals surface area contributed by atoms with Gasteiger partial charge in [-0.3, -0.25) is 4.79 Å². The van der Waals surface area contributed by atoms with E-state index in [1.54, 1.807) is 0 Å². The van der Waals surface area contributed by atoms with E-state index < -0.39 is 0 Å². The second-order valence-corrected chi connectivity index (χ2v) is 1.74. The largest absolute Gasteiger partial charge is 0.364 e. The second-order valence-electron chi connectivity index (χ2n) is 1.74. The van der Waals surface area contributed by atoms with Crippen LogP contribution in [-0.2, 0) is 9.53 Å². The van der Waals surface area contributed by atoms with Crippen LogP contribution in [0, 0.1) is 12.3 Å². The Morgan fingerprint density at radius 2 is 2.50 bits per heavy atom. The first kappa shape index (κ1) is 8.99. The van der Waals surface area contributed by atoms with Crippen LogP contribution in [0.3, 0.4) is 0 Å². The molecular formula is C7H11NO2. The van der Waals surface area contributed by atoms with Gasteiger partial charge in [0.05, 0.1) is 0 Å². The fourth-order valence-corrected chi connectivity index (χ4v) is 0.427. The number of amides is 1. The molecular weight excluding hydrogens is 130 g/mol. The number of methoxy groups -OCH3 is 1. The van der Waals surface area contributed by atoms with Gasteiger partial charge in [-0.25, -0.2) is 0 Å². The molecule has 0 atom stereocenters. The van der Waals surface area contributed by atoms with Crippen molar-refractivity contribution in [3.8, 4) is 12.3 Å². The summed E-state index contributed by atoms with van der Waals surface area (Å²) in [5.74, 6) is 2.30. The number of ether oxygens (including phenoxy) is 1. The third kappa shape index (κ3) is 5.13. The van der Waals surface area contributed by atoms with Crippen molar-refractivity contribution < 1.29 is 9.53 Å². The molecule has 3 heteroatoms. The zero-order valence-corrected chi connectivity index (χ0v) is 6.02. The van der Waals surface area contributed by atoms with Crippen LogP contribution in [0.1, 0.15) is 12.8 Å². The van der Waals surface area contributed by atoms with Crippen LogP contribution in [0.5, 0.6) is 0 Å². The highest BCUT2D eigenvalue weighted by Crippen LogP contribution is 1.84. The van der Waals surface area contributed by atoms with E-state index >= 15 is 0 Å². The van der Waals surface area contributed by atoms with E-state index in [4.69, 9.17) is 6.42 Å². The van der Waals surface area contributed by atoms with Gasteiger partial charge in [0.15, 0.2) is 0 Å². The van der Waals surface area contributed by atoms with Gasteiger partial charge in [-0.1, -0.05) is 0 Å². The molecule has 3 nitrogen and oxygen atoms in total. The van der Waals surface area contributed by atoms with Crippen LogP contribution in [-0.4, -0.2) is 19.7 Å². The van der Waals surface area contributed by atoms with Gasteiger partial charge in [0.1, 0.15) is 6.73 Å². The van der Waals surface area contributed by atoms with Gasteiger partial charge in [-0.2, -0.15) is 0 Å². The predicted molar refractivity (Wildman–Crippen MR) is 38.1 cm³/mol. The SMILES string of the molecule is C#CCCC(=O)NCOC. The average Bonchev–Trinajstić information content (AvgIpc) is 1.97. The highest BCUT2D eigenvalue weighted by Gasteiger charge is 1.95. The summed E-state index contributed by atoms with van der Waals surface area (Å²) < 4.78 is 4.61. The molecule has 0 aromatic rings. The van der Waals surface area contributed by atoms with E-state index in [0.717, 1.165) is 0 Å². The van der Waals surface area contributed by atoms with Crippen LogP contribution < -0.4 is 5.32 Å². The average molecular weight is 141 g/mol. The van der Waals surface area contributed by atoms with Crippen molar-refractivity contribution in [1.29, 1.82) is 0 Å². The Kier molecular flexibility index (Phi) is 5.50. The molecule has 1 N–H and O–H groups in total. The Labute approximate surface area is 60.8 Å². The Balaban J connectivity index is 3.19. The number of carbonyl (C=O) groups is 1. The zero-order chi connectivity index (χ0) is 7.82. The maximum atomic E-state index is 10.7. The summed E-state index contributed by atoms with van der Waals surface area (Å²) in [7, 11) is 1.52. The van der Waals surface area contributed by atoms with Gasteiger partial charge in [-0.05, 0) is 0 Å². The standard InChI is InChI=1S/C7H11NO2/c1-3-4-5-7(9)8-6-10-2/h1H,4-6H2,2H3,(H,8,9). The van der Waals surface area contributed by atoms with E-state index in [0.29, 0.717) is 12.8 Å². The molecule has 56 valence electrons. The second kappa shape index (κ2) is 6.12. The molecule has 0 spiro atoms. The Hall–Kier alpha value is -1.01. The summed E-state index contributed by atoms with van der Waals surface area (Å²) in [5.41, 5.74) is 0. The molecule has 0 bridgehead atoms. The third-order valence-corrected chi connectivity index (χ3v) is 0.910. The molecule has 0 aromatic heterocycles. The molecule has 1 amide bonds. The molecule has 0 aromatic carbocycles. The number of hydrogen-bond acceptors (Lipinski definition) is 2. The summed E-state index contributed by atoms with van der Waals surface area (Å²) in [4.78, 5) is 10.7. The Morgan fingerprint density at radius 1 is 1.80 bits per heavy atom. The van der Waals surface area contributed by atoms with E-state index in [2.05, 4.69) is 16.0 Å². The summed E-state index contributed by atoms with van der Waals surface area (Å²) in [5, 5.41) is 2.51. The van der Waals surface area contributed by atoms with Gasteiger partial charge in [0, 0.05) is 20.0 Å². The smallest absolute Gasteiger partial charge is 0.222 e. The molecule has 0 aliphatic carbocycles. The van der Waals surface area contributed by atoms with Gasteiger partial charge in [0.2, 0.25) is 5.91 Å². The van der Waals surface area contributed by atoms with Crippen molar-refractivity contribution in [1.82, 2.24) is 5.32 Å². The molecule has 0 radical (unpaired) electrons. The first-order valence-electron chi connectivity index (χ1n) is 3.00. The normalized spacial score (nSPS) is 8.40. The quantitative estimate of drug-likeness (QED) is 0.446. The molecule has 10 heavy (non-hydrogen) atoms. The third-order valence-electron chi connectivity index (χ3n) is 0.910. The number of hydrogen-bond donors (Lipinski definition) is 1. The number of carbonyl (C=O) groups excluding carboxylic acids is 1. The van der Waals surface area contributed by atoms with Gasteiger partial charge >= 0.3 is 0 Å². The predicted octanol–water partition coefficient (Wildman–Crippen LogP) is 0.120. The van der Waals surface area contributed by atoms with Crippen molar-refractivity contribution in [2.24, 2.45) is 0 Å². The zero-order valence-electron chi connectivity index (χ0n) is 6.02. The van der Waals surface area contributed by atoms with Crippen molar-refractivity contribution in [2.75, 3.05) is 13.8 Å². The van der Waals surface area contributed by atoms with Crippen molar-refractivity contribution in [2.45, 2.75) is 12.8 Å². The van der Waals surface area contributed by atoms with E-state index in [1.165, 1.54) is 7.11 Å². The van der Waals surface area contributed by atoms with Crippen LogP contribution >= 0.6 is 0 Å². The highest BCUT2D eigenvalue weighted by atomic mass is 16.5. The minimum Gasteiger partial charge on any atom is -0.364 e. The minimum absolute atomic E-state index is 0.0696. The fourth-order valence-electron chi connectivity index (χ4n) is 0.427. The summed E-state index contributed by atoms with van der Waals surface area (Å²) in [6.07, 6.45) is 5.80. The topological polar surface area (TPSA) is 38.3 Å². The monoisotopic (exact) mass is 141 g/mol. The van der Waals surface area contributed by atoms with E-state index in [-0.39, 0.29) is 12.6 Å². The molecule has 0 fully saturated rings. The number of rotatable bonds is 4. The lowest BCUT2D eigenvalue weighted by molar-refractivity contribution is -0.122. The molecule has 0 rings (SSSR count). The van der Waals surface area contributed by atoms with Crippen LogP contribution in [0.2, 0.25) is 0 Å². The van der Waals surface area contributed by atoms with E-state index in [9.17, 15) is 4.79 Å². The van der Waals surface area contributed by atoms with Gasteiger partial charge < -0.3 is 10.1 Å². The summed E-state index contributed by atoms with van der Waals surface area (Å²) in [6, 6.07) is 0. The number of terminal acetylenes is 1. The first-order valence-corrected chi connectivity index (χ1v) is 3.00. The van der Waals surface area contributed by atoms with Crippen LogP contribution in [0.15, 0.2) is 0 Å². The Bertz CT molecular complexity index is 137. The van der Waals surface area contributed by atoms with Crippen LogP contribution in [0.4, 0.5) is 0 Å². The Morgan fingerprint density at radius 3 is 3.00 bits per heavy atom. The van der Waals surface area contributed by atoms with Crippen molar-refractivity contribution in [3.05, 3.63) is 0 Å². The lowest BCUT2D eigenvalue weighted by Crippen LogP contribution is -2.24. The van der Waals surface area contributed by atoms with Crippen LogP contribution in [0.25, 0.3) is 0 Å². The summed E-state index contributed by atoms with van der Waals surface area (Å²) >= 11 is 0. The molecule has 0 saturated carbocycles. The maximum Gasteiger partial charge on any atom is 0.222 e. The molecule has 0 aliphatic rings. The molecule has 0 saturated heterocycles. The summed E-state index contributed by atoms with van der Waals surface area (Å²) in [6.45, 7) is 0.253. The molecule has 0 aliphatic heterocycles. The van der Waals surface area contributed by atoms with E-state index in [1.807, 2.05) is 0 Å². The van der Waals surface area contributed by atoms with Gasteiger partial charge in [0.25, 0.3) is 0 Å². The van der Waals surface area contributed by atoms with Crippen molar-refractivity contribution in [3.63, 3.8) is 0 Å². The molecule has 0 unspecified atom stereocenters. The lowest BCUT2D eigenvalue weighted by atomic mass is 10.3. The molecule has 0 heterocycles. The highest BCUT2D eigenvalue weighted by molar-refractivity contribution is 5.75. The minimum atomic E-state index is -0.0696. The fraction of sp³-hybridized carbons (Fsp3) is 0.571.